The normalized spacial score (nSPS) is 40.5. The van der Waals surface area contributed by atoms with Crippen molar-refractivity contribution < 1.29 is 29.0 Å². The third kappa shape index (κ3) is 3.06. The molecular formula is C26H34O6. The fourth-order valence-corrected chi connectivity index (χ4v) is 7.18. The van der Waals surface area contributed by atoms with Gasteiger partial charge < -0.3 is 14.6 Å². The number of rotatable bonds is 5. The summed E-state index contributed by atoms with van der Waals surface area (Å²) in [5.74, 6) is -0.263. The number of Topliss-reactive ketones (excluding diaryl/α,β-unsaturated/α-hetero) is 2. The number of ketones is 2. The summed E-state index contributed by atoms with van der Waals surface area (Å²) in [5, 5.41) is 11.7. The zero-order chi connectivity index (χ0) is 23.5. The van der Waals surface area contributed by atoms with Crippen LogP contribution in [-0.4, -0.2) is 41.5 Å². The van der Waals surface area contributed by atoms with Crippen LogP contribution < -0.4 is 0 Å². The van der Waals surface area contributed by atoms with Crippen molar-refractivity contribution >= 4 is 17.5 Å². The predicted octanol–water partition coefficient (Wildman–Crippen LogP) is 3.69. The fraction of sp³-hybridized carbons (Fsp3) is 0.654. The van der Waals surface area contributed by atoms with E-state index < -0.39 is 29.4 Å². The first-order chi connectivity index (χ1) is 15.0. The van der Waals surface area contributed by atoms with E-state index in [9.17, 15) is 19.5 Å². The Hall–Kier alpha value is -2.21. The van der Waals surface area contributed by atoms with E-state index in [0.29, 0.717) is 18.6 Å². The molecule has 0 aromatic rings. The first kappa shape index (κ1) is 23.0. The van der Waals surface area contributed by atoms with Gasteiger partial charge in [0.15, 0.2) is 12.2 Å². The number of carbonyl (C=O) groups is 3. The molecule has 6 heteroatoms. The third-order valence-corrected chi connectivity index (χ3v) is 8.76. The summed E-state index contributed by atoms with van der Waals surface area (Å²) < 4.78 is 10.7. The van der Waals surface area contributed by atoms with Crippen LogP contribution in [0, 0.1) is 28.6 Å². The Balaban J connectivity index is 1.70. The lowest BCUT2D eigenvalue weighted by Gasteiger charge is -2.56. The average molecular weight is 443 g/mol. The van der Waals surface area contributed by atoms with Crippen molar-refractivity contribution in [1.82, 2.24) is 0 Å². The van der Waals surface area contributed by atoms with Gasteiger partial charge in [0.05, 0.1) is 12.4 Å². The van der Waals surface area contributed by atoms with Crippen molar-refractivity contribution in [2.24, 2.45) is 28.6 Å². The number of aliphatic hydroxyl groups is 1. The van der Waals surface area contributed by atoms with Crippen LogP contribution >= 0.6 is 0 Å². The Labute approximate surface area is 189 Å². The molecule has 4 aliphatic rings. The molecule has 0 bridgehead atoms. The molecule has 0 aromatic heterocycles. The van der Waals surface area contributed by atoms with Gasteiger partial charge in [-0.2, -0.15) is 0 Å². The lowest BCUT2D eigenvalue weighted by atomic mass is 9.47. The summed E-state index contributed by atoms with van der Waals surface area (Å²) in [7, 11) is 0. The van der Waals surface area contributed by atoms with E-state index >= 15 is 0 Å². The quantitative estimate of drug-likeness (QED) is 0.516. The summed E-state index contributed by atoms with van der Waals surface area (Å²) in [4.78, 5) is 38.0. The van der Waals surface area contributed by atoms with Crippen molar-refractivity contribution in [3.05, 3.63) is 35.6 Å². The van der Waals surface area contributed by atoms with E-state index in [0.717, 1.165) is 25.0 Å². The van der Waals surface area contributed by atoms with Gasteiger partial charge in [-0.15, -0.1) is 0 Å². The second-order valence-electron chi connectivity index (χ2n) is 10.4. The van der Waals surface area contributed by atoms with Gasteiger partial charge in [0.2, 0.25) is 5.78 Å². The summed E-state index contributed by atoms with van der Waals surface area (Å²) >= 11 is 0. The van der Waals surface area contributed by atoms with Crippen LogP contribution in [0.4, 0.5) is 0 Å². The van der Waals surface area contributed by atoms with Crippen LogP contribution in [0.1, 0.15) is 59.8 Å². The number of carbonyl (C=O) groups excluding carboxylic acids is 3. The molecule has 0 amide bonds. The third-order valence-electron chi connectivity index (χ3n) is 8.76. The molecular weight excluding hydrogens is 408 g/mol. The van der Waals surface area contributed by atoms with Crippen molar-refractivity contribution in [2.45, 2.75) is 65.4 Å². The molecule has 32 heavy (non-hydrogen) atoms. The number of fused-ring (bicyclic) bond motifs is 5. The molecule has 6 nitrogen and oxygen atoms in total. The number of ether oxygens (including phenoxy) is 2. The molecule has 6 atom stereocenters. The Morgan fingerprint density at radius 2 is 2.03 bits per heavy atom. The molecule has 0 unspecified atom stereocenters. The van der Waals surface area contributed by atoms with Gasteiger partial charge in [0.25, 0.3) is 0 Å². The van der Waals surface area contributed by atoms with Crippen LogP contribution in [0.3, 0.4) is 0 Å². The van der Waals surface area contributed by atoms with Gasteiger partial charge in [-0.3, -0.25) is 14.4 Å². The first-order valence-corrected chi connectivity index (χ1v) is 11.6. The number of hydrogen-bond donors (Lipinski definition) is 1. The van der Waals surface area contributed by atoms with Crippen LogP contribution in [0.15, 0.2) is 35.6 Å². The topological polar surface area (TPSA) is 89.9 Å². The van der Waals surface area contributed by atoms with Crippen LogP contribution in [0.2, 0.25) is 0 Å². The summed E-state index contributed by atoms with van der Waals surface area (Å²) in [6.45, 7) is 11.4. The Kier molecular flexibility index (Phi) is 5.51. The Morgan fingerprint density at radius 1 is 1.31 bits per heavy atom. The molecule has 0 saturated heterocycles. The van der Waals surface area contributed by atoms with Crippen LogP contribution in [-0.2, 0) is 23.9 Å². The van der Waals surface area contributed by atoms with Gasteiger partial charge in [0.1, 0.15) is 5.78 Å². The molecule has 0 heterocycles. The van der Waals surface area contributed by atoms with E-state index in [1.54, 1.807) is 0 Å². The minimum Gasteiger partial charge on any atom is -0.498 e. The number of allylic oxidation sites excluding steroid dienone is 4. The fourth-order valence-electron chi connectivity index (χ4n) is 7.18. The maximum Gasteiger partial charge on any atom is 0.303 e. The molecule has 0 aromatic carbocycles. The van der Waals surface area contributed by atoms with Crippen molar-refractivity contribution in [3.63, 3.8) is 0 Å². The van der Waals surface area contributed by atoms with Gasteiger partial charge >= 0.3 is 5.97 Å². The first-order valence-electron chi connectivity index (χ1n) is 11.6. The van der Waals surface area contributed by atoms with Crippen molar-refractivity contribution in [2.75, 3.05) is 13.2 Å². The van der Waals surface area contributed by atoms with Gasteiger partial charge in [-0.1, -0.05) is 26.5 Å². The lowest BCUT2D eigenvalue weighted by molar-refractivity contribution is -0.168. The lowest BCUT2D eigenvalue weighted by Crippen LogP contribution is -2.60. The van der Waals surface area contributed by atoms with Gasteiger partial charge in [0, 0.05) is 36.5 Å². The molecule has 0 radical (unpaired) electrons. The molecule has 2 fully saturated rings. The van der Waals surface area contributed by atoms with Crippen molar-refractivity contribution in [1.29, 1.82) is 0 Å². The molecule has 4 aliphatic carbocycles. The predicted molar refractivity (Wildman–Crippen MR) is 118 cm³/mol. The standard InChI is InChI=1S/C26H34O6/c1-6-31-18-9-10-24(4)17(12-18)7-8-19-20-11-15(2)26(30,22(29)14-32-16(3)27)25(20,5)13-21(28)23(19)24/h7,12,19-20,23,30H,2,6,8-11,13-14H2,1,3-5H3/t19-,20-,23+,24-,25-,26-/m0/s1. The molecule has 174 valence electrons. The average Bonchev–Trinajstić information content (AvgIpc) is 2.93. The highest BCUT2D eigenvalue weighted by molar-refractivity contribution is 5.96. The van der Waals surface area contributed by atoms with Crippen LogP contribution in [0.5, 0.6) is 0 Å². The summed E-state index contributed by atoms with van der Waals surface area (Å²) in [6.07, 6.45) is 7.31. The molecule has 1 N–H and O–H groups in total. The van der Waals surface area contributed by atoms with E-state index in [2.05, 4.69) is 25.7 Å². The number of hydrogen-bond acceptors (Lipinski definition) is 6. The SMILES string of the molecule is C=C1C[C@H]2[C@@H]3CC=C4C=C(OCC)CC[C@]4(C)[C@H]3C(=O)C[C@]2(C)[C@@]1(O)C(=O)COC(C)=O. The summed E-state index contributed by atoms with van der Waals surface area (Å²) in [5.41, 5.74) is -1.50. The van der Waals surface area contributed by atoms with E-state index in [1.807, 2.05) is 13.8 Å². The highest BCUT2D eigenvalue weighted by Gasteiger charge is 2.69. The van der Waals surface area contributed by atoms with E-state index in [4.69, 9.17) is 9.47 Å². The highest BCUT2D eigenvalue weighted by Crippen LogP contribution is 2.67. The van der Waals surface area contributed by atoms with Gasteiger partial charge in [-0.25, -0.2) is 0 Å². The minimum atomic E-state index is -1.87. The second-order valence-corrected chi connectivity index (χ2v) is 10.4. The minimum absolute atomic E-state index is 0.0318. The van der Waals surface area contributed by atoms with Crippen LogP contribution in [0.25, 0.3) is 0 Å². The monoisotopic (exact) mass is 442 g/mol. The largest absolute Gasteiger partial charge is 0.498 e. The maximum atomic E-state index is 13.7. The molecule has 0 aliphatic heterocycles. The second kappa shape index (κ2) is 7.68. The zero-order valence-corrected chi connectivity index (χ0v) is 19.5. The summed E-state index contributed by atoms with van der Waals surface area (Å²) in [6, 6.07) is 0. The van der Waals surface area contributed by atoms with E-state index in [1.165, 1.54) is 12.5 Å². The smallest absolute Gasteiger partial charge is 0.303 e. The zero-order valence-electron chi connectivity index (χ0n) is 19.5. The maximum absolute atomic E-state index is 13.7. The van der Waals surface area contributed by atoms with Gasteiger partial charge in [-0.05, 0) is 55.2 Å². The number of esters is 1. The molecule has 4 rings (SSSR count). The van der Waals surface area contributed by atoms with Crippen molar-refractivity contribution in [3.8, 4) is 0 Å². The molecule has 0 spiro atoms. The van der Waals surface area contributed by atoms with E-state index in [-0.39, 0.29) is 35.4 Å². The molecule has 2 saturated carbocycles. The Bertz CT molecular complexity index is 944. The highest BCUT2D eigenvalue weighted by atomic mass is 16.5. The Morgan fingerprint density at radius 3 is 2.69 bits per heavy atom.